The Morgan fingerprint density at radius 2 is 1.86 bits per heavy atom. The van der Waals surface area contributed by atoms with Gasteiger partial charge >= 0.3 is 5.69 Å². The fourth-order valence-electron chi connectivity index (χ4n) is 2.72. The molecule has 4 rings (SSSR count). The van der Waals surface area contributed by atoms with Crippen LogP contribution < -0.4 is 11.0 Å². The average Bonchev–Trinajstić information content (AvgIpc) is 3.39. The van der Waals surface area contributed by atoms with E-state index in [9.17, 15) is 4.79 Å². The van der Waals surface area contributed by atoms with E-state index < -0.39 is 0 Å². The monoisotopic (exact) mass is 292 g/mol. The minimum Gasteiger partial charge on any atom is -0.372 e. The molecule has 0 radical (unpaired) electrons. The van der Waals surface area contributed by atoms with Crippen LogP contribution in [-0.4, -0.2) is 21.6 Å². The summed E-state index contributed by atoms with van der Waals surface area (Å²) in [6.45, 7) is 0. The van der Waals surface area contributed by atoms with E-state index in [-0.39, 0.29) is 5.69 Å². The summed E-state index contributed by atoms with van der Waals surface area (Å²) in [5.74, 6) is 1.11. The largest absolute Gasteiger partial charge is 0.372 e. The molecule has 2 heterocycles. The van der Waals surface area contributed by atoms with Gasteiger partial charge in [0.25, 0.3) is 0 Å². The molecule has 1 aromatic carbocycles. The minimum atomic E-state index is -0.316. The van der Waals surface area contributed by atoms with Crippen LogP contribution in [0.15, 0.2) is 47.3 Å². The van der Waals surface area contributed by atoms with Crippen molar-refractivity contribution in [3.05, 3.63) is 58.6 Å². The third kappa shape index (κ3) is 2.06. The van der Waals surface area contributed by atoms with Crippen LogP contribution in [0.4, 0.5) is 5.82 Å². The van der Waals surface area contributed by atoms with Crippen molar-refractivity contribution >= 4 is 16.9 Å². The number of hydrogen-bond acceptors (Lipinski definition) is 4. The fraction of sp³-hybridized carbons (Fsp3) is 0.235. The van der Waals surface area contributed by atoms with Crippen molar-refractivity contribution < 1.29 is 0 Å². The second kappa shape index (κ2) is 4.94. The van der Waals surface area contributed by atoms with Gasteiger partial charge in [-0.25, -0.2) is 14.3 Å². The molecule has 1 aliphatic rings. The Morgan fingerprint density at radius 1 is 1.09 bits per heavy atom. The number of fused-ring (bicyclic) bond motifs is 1. The number of aromatic nitrogens is 3. The van der Waals surface area contributed by atoms with Crippen LogP contribution in [-0.2, 0) is 0 Å². The lowest BCUT2D eigenvalue weighted by atomic mass is 10.2. The summed E-state index contributed by atoms with van der Waals surface area (Å²) in [5, 5.41) is 3.85. The van der Waals surface area contributed by atoms with E-state index in [0.29, 0.717) is 17.4 Å². The van der Waals surface area contributed by atoms with E-state index >= 15 is 0 Å². The summed E-state index contributed by atoms with van der Waals surface area (Å²) in [7, 11) is 1.77. The van der Waals surface area contributed by atoms with Crippen LogP contribution >= 0.6 is 0 Å². The minimum absolute atomic E-state index is 0.316. The average molecular weight is 292 g/mol. The van der Waals surface area contributed by atoms with E-state index in [1.54, 1.807) is 11.6 Å². The molecule has 0 bridgehead atoms. The lowest BCUT2D eigenvalue weighted by molar-refractivity contribution is 0.924. The second-order valence-corrected chi connectivity index (χ2v) is 5.55. The second-order valence-electron chi connectivity index (χ2n) is 5.55. The number of rotatable bonds is 3. The number of pyridine rings is 1. The van der Waals surface area contributed by atoms with E-state index in [1.807, 2.05) is 42.5 Å². The molecule has 0 atom stereocenters. The molecule has 0 spiro atoms. The predicted octanol–water partition coefficient (Wildman–Crippen LogP) is 2.70. The SMILES string of the molecule is CNc1nc(=O)n(-c2ccccc2)c2nc(C3CC3)ccc12. The van der Waals surface area contributed by atoms with Gasteiger partial charge in [-0.15, -0.1) is 0 Å². The van der Waals surface area contributed by atoms with Crippen molar-refractivity contribution in [1.29, 1.82) is 0 Å². The van der Waals surface area contributed by atoms with Gasteiger partial charge < -0.3 is 5.32 Å². The number of nitrogens with zero attached hydrogens (tertiary/aromatic N) is 3. The Hall–Kier alpha value is -2.69. The molecule has 0 aliphatic heterocycles. The van der Waals surface area contributed by atoms with E-state index in [1.165, 1.54) is 12.8 Å². The first-order valence-corrected chi connectivity index (χ1v) is 7.45. The summed E-state index contributed by atoms with van der Waals surface area (Å²) < 4.78 is 1.59. The Balaban J connectivity index is 2.07. The first kappa shape index (κ1) is 13.0. The summed E-state index contributed by atoms with van der Waals surface area (Å²) in [5.41, 5.74) is 2.20. The van der Waals surface area contributed by atoms with Crippen LogP contribution in [0, 0.1) is 0 Å². The first-order chi connectivity index (χ1) is 10.8. The van der Waals surface area contributed by atoms with Crippen LogP contribution in [0.3, 0.4) is 0 Å². The van der Waals surface area contributed by atoms with Gasteiger partial charge in [0.15, 0.2) is 5.65 Å². The van der Waals surface area contributed by atoms with Gasteiger partial charge in [0, 0.05) is 18.7 Å². The fourth-order valence-corrected chi connectivity index (χ4v) is 2.72. The molecule has 5 nitrogen and oxygen atoms in total. The molecule has 1 aliphatic carbocycles. The quantitative estimate of drug-likeness (QED) is 0.806. The van der Waals surface area contributed by atoms with Gasteiger partial charge in [-0.05, 0) is 37.1 Å². The Morgan fingerprint density at radius 3 is 2.55 bits per heavy atom. The van der Waals surface area contributed by atoms with Crippen LogP contribution in [0.1, 0.15) is 24.5 Å². The van der Waals surface area contributed by atoms with Gasteiger partial charge in [-0.3, -0.25) is 0 Å². The molecule has 5 heteroatoms. The number of para-hydroxylation sites is 1. The zero-order valence-corrected chi connectivity index (χ0v) is 12.3. The summed E-state index contributed by atoms with van der Waals surface area (Å²) in [4.78, 5) is 21.4. The third-order valence-corrected chi connectivity index (χ3v) is 4.01. The molecular weight excluding hydrogens is 276 g/mol. The van der Waals surface area contributed by atoms with Crippen molar-refractivity contribution in [3.8, 4) is 5.69 Å². The standard InChI is InChI=1S/C17H16N4O/c1-18-15-13-9-10-14(11-7-8-11)19-16(13)21(17(22)20-15)12-5-3-2-4-6-12/h2-6,9-11H,7-8H2,1H3,(H,18,20,22). The maximum absolute atomic E-state index is 12.5. The molecular formula is C17H16N4O. The number of benzene rings is 1. The van der Waals surface area contributed by atoms with Crippen LogP contribution in [0.25, 0.3) is 16.7 Å². The number of anilines is 1. The molecule has 110 valence electrons. The van der Waals surface area contributed by atoms with Crippen molar-refractivity contribution in [2.24, 2.45) is 0 Å². The van der Waals surface area contributed by atoms with E-state index in [0.717, 1.165) is 16.8 Å². The zero-order valence-electron chi connectivity index (χ0n) is 12.3. The zero-order chi connectivity index (χ0) is 15.1. The summed E-state index contributed by atoms with van der Waals surface area (Å²) in [6.07, 6.45) is 2.36. The number of nitrogens with one attached hydrogen (secondary N) is 1. The Bertz CT molecular complexity index is 898. The lowest BCUT2D eigenvalue weighted by Gasteiger charge is -2.12. The molecule has 1 fully saturated rings. The van der Waals surface area contributed by atoms with E-state index in [4.69, 9.17) is 4.98 Å². The molecule has 0 unspecified atom stereocenters. The smallest absolute Gasteiger partial charge is 0.355 e. The Kier molecular flexibility index (Phi) is 2.92. The van der Waals surface area contributed by atoms with Crippen molar-refractivity contribution in [1.82, 2.24) is 14.5 Å². The van der Waals surface area contributed by atoms with Crippen molar-refractivity contribution in [2.75, 3.05) is 12.4 Å². The van der Waals surface area contributed by atoms with Crippen molar-refractivity contribution in [3.63, 3.8) is 0 Å². The molecule has 0 amide bonds. The highest BCUT2D eigenvalue weighted by Crippen LogP contribution is 2.39. The normalized spacial score (nSPS) is 14.2. The molecule has 0 saturated heterocycles. The van der Waals surface area contributed by atoms with Gasteiger partial charge in [-0.2, -0.15) is 4.98 Å². The molecule has 1 N–H and O–H groups in total. The predicted molar refractivity (Wildman–Crippen MR) is 86.7 cm³/mol. The van der Waals surface area contributed by atoms with Gasteiger partial charge in [-0.1, -0.05) is 18.2 Å². The highest BCUT2D eigenvalue weighted by atomic mass is 16.1. The molecule has 22 heavy (non-hydrogen) atoms. The highest BCUT2D eigenvalue weighted by molar-refractivity contribution is 5.87. The van der Waals surface area contributed by atoms with Gasteiger partial charge in [0.2, 0.25) is 0 Å². The summed E-state index contributed by atoms with van der Waals surface area (Å²) in [6, 6.07) is 13.6. The molecule has 3 aromatic rings. The van der Waals surface area contributed by atoms with Crippen LogP contribution in [0.5, 0.6) is 0 Å². The third-order valence-electron chi connectivity index (χ3n) is 4.01. The molecule has 2 aromatic heterocycles. The summed E-state index contributed by atoms with van der Waals surface area (Å²) >= 11 is 0. The first-order valence-electron chi connectivity index (χ1n) is 7.45. The lowest BCUT2D eigenvalue weighted by Crippen LogP contribution is -2.24. The van der Waals surface area contributed by atoms with Crippen LogP contribution in [0.2, 0.25) is 0 Å². The highest BCUT2D eigenvalue weighted by Gasteiger charge is 2.26. The topological polar surface area (TPSA) is 59.8 Å². The van der Waals surface area contributed by atoms with Gasteiger partial charge in [0.05, 0.1) is 11.1 Å². The van der Waals surface area contributed by atoms with E-state index in [2.05, 4.69) is 10.3 Å². The maximum Gasteiger partial charge on any atom is 0.355 e. The number of hydrogen-bond donors (Lipinski definition) is 1. The van der Waals surface area contributed by atoms with Crippen molar-refractivity contribution in [2.45, 2.75) is 18.8 Å². The van der Waals surface area contributed by atoms with Gasteiger partial charge in [0.1, 0.15) is 5.82 Å². The molecule has 1 saturated carbocycles. The maximum atomic E-state index is 12.5. The Labute approximate surface area is 127 Å².